The van der Waals surface area contributed by atoms with Crippen LogP contribution in [0.1, 0.15) is 18.7 Å². The highest BCUT2D eigenvalue weighted by Crippen LogP contribution is 2.08. The summed E-state index contributed by atoms with van der Waals surface area (Å²) in [6, 6.07) is 0.222. The summed E-state index contributed by atoms with van der Waals surface area (Å²) in [5.74, 6) is 0. The molecule has 0 spiro atoms. The summed E-state index contributed by atoms with van der Waals surface area (Å²) in [5, 5.41) is 3.48. The van der Waals surface area contributed by atoms with Crippen molar-refractivity contribution in [2.24, 2.45) is 0 Å². The summed E-state index contributed by atoms with van der Waals surface area (Å²) >= 11 is 5.57. The van der Waals surface area contributed by atoms with Crippen LogP contribution in [0.25, 0.3) is 0 Å². The minimum absolute atomic E-state index is 0.222. The molecule has 1 N–H and O–H groups in total. The van der Waals surface area contributed by atoms with Crippen LogP contribution in [0.3, 0.4) is 0 Å². The van der Waals surface area contributed by atoms with Crippen molar-refractivity contribution < 1.29 is 0 Å². The Bertz CT molecular complexity index is 222. The number of halogens is 1. The van der Waals surface area contributed by atoms with Crippen molar-refractivity contribution in [2.45, 2.75) is 13.0 Å². The maximum Gasteiger partial charge on any atom is 0.147 e. The number of aromatic nitrogens is 2. The number of hydrogen-bond acceptors (Lipinski definition) is 3. The maximum absolute atomic E-state index is 5.57. The largest absolute Gasteiger partial charge is 0.312 e. The van der Waals surface area contributed by atoms with Gasteiger partial charge in [-0.2, -0.15) is 0 Å². The zero-order valence-electron chi connectivity index (χ0n) is 6.50. The molecule has 1 aromatic heterocycles. The van der Waals surface area contributed by atoms with E-state index in [0.717, 1.165) is 5.69 Å². The first kappa shape index (κ1) is 8.43. The predicted molar refractivity (Wildman–Crippen MR) is 44.5 cm³/mol. The zero-order valence-corrected chi connectivity index (χ0v) is 7.26. The SMILES string of the molecule is CNC(C)c1cnc(Cl)cn1. The van der Waals surface area contributed by atoms with E-state index < -0.39 is 0 Å². The Morgan fingerprint density at radius 2 is 2.18 bits per heavy atom. The van der Waals surface area contributed by atoms with Gasteiger partial charge in [0.2, 0.25) is 0 Å². The molecule has 0 aliphatic heterocycles. The lowest BCUT2D eigenvalue weighted by molar-refractivity contribution is 0.629. The van der Waals surface area contributed by atoms with Gasteiger partial charge in [-0.05, 0) is 14.0 Å². The fraction of sp³-hybridized carbons (Fsp3) is 0.429. The molecule has 0 aliphatic carbocycles. The third kappa shape index (κ3) is 2.13. The molecular formula is C7H10ClN3. The average Bonchev–Trinajstić information content (AvgIpc) is 2.05. The fourth-order valence-electron chi connectivity index (χ4n) is 0.694. The molecule has 1 rings (SSSR count). The summed E-state index contributed by atoms with van der Waals surface area (Å²) in [5.41, 5.74) is 0.900. The summed E-state index contributed by atoms with van der Waals surface area (Å²) < 4.78 is 0. The molecule has 1 atom stereocenters. The Hall–Kier alpha value is -0.670. The van der Waals surface area contributed by atoms with E-state index in [1.54, 1.807) is 12.4 Å². The number of rotatable bonds is 2. The standard InChI is InChI=1S/C7H10ClN3/c1-5(9-2)6-3-11-7(8)4-10-6/h3-5,9H,1-2H3. The van der Waals surface area contributed by atoms with Crippen LogP contribution in [0.4, 0.5) is 0 Å². The fourth-order valence-corrected chi connectivity index (χ4v) is 0.791. The Kier molecular flexibility index (Phi) is 2.79. The summed E-state index contributed by atoms with van der Waals surface area (Å²) in [7, 11) is 1.88. The zero-order chi connectivity index (χ0) is 8.27. The average molecular weight is 172 g/mol. The van der Waals surface area contributed by atoms with Crippen LogP contribution in [-0.4, -0.2) is 17.0 Å². The van der Waals surface area contributed by atoms with Crippen molar-refractivity contribution >= 4 is 11.6 Å². The van der Waals surface area contributed by atoms with E-state index >= 15 is 0 Å². The van der Waals surface area contributed by atoms with Crippen molar-refractivity contribution in [1.29, 1.82) is 0 Å². The van der Waals surface area contributed by atoms with Crippen molar-refractivity contribution in [2.75, 3.05) is 7.05 Å². The van der Waals surface area contributed by atoms with Gasteiger partial charge in [0.1, 0.15) is 5.15 Å². The smallest absolute Gasteiger partial charge is 0.147 e. The molecule has 1 aromatic rings. The van der Waals surface area contributed by atoms with Crippen LogP contribution in [0.2, 0.25) is 5.15 Å². The second-order valence-corrected chi connectivity index (χ2v) is 2.66. The normalized spacial score (nSPS) is 13.0. The molecule has 3 nitrogen and oxygen atoms in total. The highest BCUT2D eigenvalue weighted by atomic mass is 35.5. The van der Waals surface area contributed by atoms with E-state index in [0.29, 0.717) is 5.15 Å². The predicted octanol–water partition coefficient (Wildman–Crippen LogP) is 1.41. The maximum atomic E-state index is 5.57. The van der Waals surface area contributed by atoms with E-state index in [1.165, 1.54) is 0 Å². The minimum atomic E-state index is 0.222. The summed E-state index contributed by atoms with van der Waals surface area (Å²) in [4.78, 5) is 8.00. The second kappa shape index (κ2) is 3.64. The lowest BCUT2D eigenvalue weighted by Crippen LogP contribution is -2.13. The number of nitrogens with one attached hydrogen (secondary N) is 1. The topological polar surface area (TPSA) is 37.8 Å². The molecule has 0 saturated heterocycles. The quantitative estimate of drug-likeness (QED) is 0.731. The number of nitrogens with zero attached hydrogens (tertiary/aromatic N) is 2. The van der Waals surface area contributed by atoms with Crippen LogP contribution in [0, 0.1) is 0 Å². The molecule has 0 amide bonds. The summed E-state index contributed by atoms with van der Waals surface area (Å²) in [6.07, 6.45) is 3.22. The van der Waals surface area contributed by atoms with Crippen molar-refractivity contribution in [3.05, 3.63) is 23.2 Å². The van der Waals surface area contributed by atoms with Crippen LogP contribution < -0.4 is 5.32 Å². The van der Waals surface area contributed by atoms with Gasteiger partial charge in [-0.3, -0.25) is 4.98 Å². The Morgan fingerprint density at radius 1 is 1.45 bits per heavy atom. The Balaban J connectivity index is 2.81. The van der Waals surface area contributed by atoms with E-state index in [-0.39, 0.29) is 6.04 Å². The second-order valence-electron chi connectivity index (χ2n) is 2.27. The molecule has 11 heavy (non-hydrogen) atoms. The van der Waals surface area contributed by atoms with Gasteiger partial charge in [0.05, 0.1) is 18.1 Å². The molecule has 0 aliphatic rings. The molecule has 0 aromatic carbocycles. The van der Waals surface area contributed by atoms with Gasteiger partial charge in [-0.1, -0.05) is 11.6 Å². The third-order valence-corrected chi connectivity index (χ3v) is 1.71. The minimum Gasteiger partial charge on any atom is -0.312 e. The molecule has 1 unspecified atom stereocenters. The van der Waals surface area contributed by atoms with E-state index in [9.17, 15) is 0 Å². The molecule has 1 heterocycles. The molecule has 0 radical (unpaired) electrons. The Morgan fingerprint density at radius 3 is 2.64 bits per heavy atom. The highest BCUT2D eigenvalue weighted by molar-refractivity contribution is 6.29. The molecule has 60 valence electrons. The van der Waals surface area contributed by atoms with Crippen LogP contribution in [-0.2, 0) is 0 Å². The molecule has 4 heteroatoms. The number of hydrogen-bond donors (Lipinski definition) is 1. The van der Waals surface area contributed by atoms with Gasteiger partial charge >= 0.3 is 0 Å². The van der Waals surface area contributed by atoms with Gasteiger partial charge in [0.15, 0.2) is 0 Å². The van der Waals surface area contributed by atoms with Crippen LogP contribution in [0.15, 0.2) is 12.4 Å². The van der Waals surface area contributed by atoms with Gasteiger partial charge < -0.3 is 5.32 Å². The van der Waals surface area contributed by atoms with E-state index in [4.69, 9.17) is 11.6 Å². The molecular weight excluding hydrogens is 162 g/mol. The first-order valence-corrected chi connectivity index (χ1v) is 3.76. The van der Waals surface area contributed by atoms with Crippen molar-refractivity contribution in [3.8, 4) is 0 Å². The van der Waals surface area contributed by atoms with E-state index in [1.807, 2.05) is 14.0 Å². The van der Waals surface area contributed by atoms with Gasteiger partial charge in [0.25, 0.3) is 0 Å². The lowest BCUT2D eigenvalue weighted by atomic mass is 10.2. The first-order chi connectivity index (χ1) is 5.24. The highest BCUT2D eigenvalue weighted by Gasteiger charge is 2.02. The van der Waals surface area contributed by atoms with E-state index in [2.05, 4.69) is 15.3 Å². The van der Waals surface area contributed by atoms with Crippen LogP contribution >= 0.6 is 11.6 Å². The first-order valence-electron chi connectivity index (χ1n) is 3.38. The summed E-state index contributed by atoms with van der Waals surface area (Å²) in [6.45, 7) is 2.01. The lowest BCUT2D eigenvalue weighted by Gasteiger charge is -2.07. The van der Waals surface area contributed by atoms with Gasteiger partial charge in [-0.25, -0.2) is 4.98 Å². The van der Waals surface area contributed by atoms with Crippen molar-refractivity contribution in [3.63, 3.8) is 0 Å². The Labute approximate surface area is 70.8 Å². The molecule has 0 fully saturated rings. The molecule has 0 bridgehead atoms. The monoisotopic (exact) mass is 171 g/mol. The van der Waals surface area contributed by atoms with Crippen molar-refractivity contribution in [1.82, 2.24) is 15.3 Å². The van der Waals surface area contributed by atoms with Gasteiger partial charge in [-0.15, -0.1) is 0 Å². The molecule has 0 saturated carbocycles. The van der Waals surface area contributed by atoms with Gasteiger partial charge in [0, 0.05) is 6.04 Å². The van der Waals surface area contributed by atoms with Crippen LogP contribution in [0.5, 0.6) is 0 Å². The third-order valence-electron chi connectivity index (χ3n) is 1.52.